The Balaban J connectivity index is 1.86. The lowest BCUT2D eigenvalue weighted by Gasteiger charge is -2.30. The zero-order valence-electron chi connectivity index (χ0n) is 12.3. The lowest BCUT2D eigenvalue weighted by Crippen LogP contribution is -2.32. The van der Waals surface area contributed by atoms with Crippen molar-refractivity contribution >= 4 is 15.9 Å². The lowest BCUT2D eigenvalue weighted by atomic mass is 9.77. The van der Waals surface area contributed by atoms with Crippen molar-refractivity contribution in [2.45, 2.75) is 69.1 Å². The molecule has 2 N–H and O–H groups in total. The van der Waals surface area contributed by atoms with E-state index < -0.39 is 0 Å². The van der Waals surface area contributed by atoms with Gasteiger partial charge in [-0.2, -0.15) is 0 Å². The van der Waals surface area contributed by atoms with Crippen molar-refractivity contribution in [1.82, 2.24) is 0 Å². The maximum Gasteiger partial charge on any atom is 0.0213 e. The molecule has 3 rings (SSSR count). The smallest absolute Gasteiger partial charge is 0.0213 e. The van der Waals surface area contributed by atoms with Gasteiger partial charge in [-0.15, -0.1) is 0 Å². The summed E-state index contributed by atoms with van der Waals surface area (Å²) in [6.45, 7) is 0.794. The Morgan fingerprint density at radius 1 is 1.05 bits per heavy atom. The first-order valence-corrected chi connectivity index (χ1v) is 9.04. The van der Waals surface area contributed by atoms with Gasteiger partial charge in [-0.05, 0) is 48.8 Å². The van der Waals surface area contributed by atoms with Crippen LogP contribution < -0.4 is 5.73 Å². The zero-order chi connectivity index (χ0) is 14.0. The number of rotatable bonds is 3. The number of benzene rings is 1. The minimum atomic E-state index is 0.258. The van der Waals surface area contributed by atoms with Gasteiger partial charge in [-0.25, -0.2) is 0 Å². The molecule has 2 saturated carbocycles. The first-order chi connectivity index (χ1) is 9.75. The minimum absolute atomic E-state index is 0.258. The second-order valence-corrected chi connectivity index (χ2v) is 7.62. The van der Waals surface area contributed by atoms with E-state index in [2.05, 4.69) is 34.1 Å². The minimum Gasteiger partial charge on any atom is -0.330 e. The Morgan fingerprint density at radius 3 is 2.35 bits per heavy atom. The first-order valence-electron chi connectivity index (χ1n) is 8.25. The quantitative estimate of drug-likeness (QED) is 0.800. The molecule has 1 nitrogen and oxygen atoms in total. The maximum absolute atomic E-state index is 6.12. The summed E-state index contributed by atoms with van der Waals surface area (Å²) in [6, 6.07) is 7.13. The highest BCUT2D eigenvalue weighted by molar-refractivity contribution is 9.10. The summed E-state index contributed by atoms with van der Waals surface area (Å²) in [5.74, 6) is 0.768. The standard InChI is InChI=1S/C18H26BrN/c19-17-12-15(18(13-20)10-4-5-11-18)8-9-16(17)14-6-2-1-3-7-14/h8-9,12,14H,1-7,10-11,13,20H2. The number of halogens is 1. The number of hydrogen-bond donors (Lipinski definition) is 1. The van der Waals surface area contributed by atoms with Crippen LogP contribution in [0.2, 0.25) is 0 Å². The molecule has 0 amide bonds. The van der Waals surface area contributed by atoms with Crippen LogP contribution in [0.25, 0.3) is 0 Å². The van der Waals surface area contributed by atoms with Gasteiger partial charge in [-0.3, -0.25) is 0 Å². The first kappa shape index (κ1) is 14.6. The van der Waals surface area contributed by atoms with Crippen LogP contribution in [-0.2, 0) is 5.41 Å². The number of nitrogens with two attached hydrogens (primary N) is 1. The molecule has 1 aromatic carbocycles. The van der Waals surface area contributed by atoms with Gasteiger partial charge in [0.25, 0.3) is 0 Å². The highest BCUT2D eigenvalue weighted by Crippen LogP contribution is 2.43. The average Bonchev–Trinajstić information content (AvgIpc) is 2.98. The highest BCUT2D eigenvalue weighted by Gasteiger charge is 2.34. The van der Waals surface area contributed by atoms with Gasteiger partial charge in [0.1, 0.15) is 0 Å². The molecule has 0 heterocycles. The predicted octanol–water partition coefficient (Wildman–Crippen LogP) is 5.27. The van der Waals surface area contributed by atoms with Crippen molar-refractivity contribution < 1.29 is 0 Å². The van der Waals surface area contributed by atoms with E-state index in [4.69, 9.17) is 5.73 Å². The van der Waals surface area contributed by atoms with Gasteiger partial charge in [0.2, 0.25) is 0 Å². The topological polar surface area (TPSA) is 26.0 Å². The fourth-order valence-corrected chi connectivity index (χ4v) is 4.97. The van der Waals surface area contributed by atoms with Crippen LogP contribution in [0.15, 0.2) is 22.7 Å². The van der Waals surface area contributed by atoms with Crippen molar-refractivity contribution in [1.29, 1.82) is 0 Å². The molecule has 20 heavy (non-hydrogen) atoms. The van der Waals surface area contributed by atoms with Crippen molar-refractivity contribution in [2.75, 3.05) is 6.54 Å². The zero-order valence-corrected chi connectivity index (χ0v) is 13.9. The molecule has 2 aliphatic carbocycles. The molecular formula is C18H26BrN. The molecule has 0 radical (unpaired) electrons. The van der Waals surface area contributed by atoms with Crippen LogP contribution in [0.1, 0.15) is 74.8 Å². The predicted molar refractivity (Wildman–Crippen MR) is 89.2 cm³/mol. The van der Waals surface area contributed by atoms with Gasteiger partial charge < -0.3 is 5.73 Å². The van der Waals surface area contributed by atoms with Crippen LogP contribution in [-0.4, -0.2) is 6.54 Å². The fraction of sp³-hybridized carbons (Fsp3) is 0.667. The third-order valence-corrected chi connectivity index (χ3v) is 6.30. The normalized spacial score (nSPS) is 23.1. The van der Waals surface area contributed by atoms with Gasteiger partial charge in [0.05, 0.1) is 0 Å². The van der Waals surface area contributed by atoms with Crippen LogP contribution in [0, 0.1) is 0 Å². The molecule has 1 aromatic rings. The Bertz CT molecular complexity index is 456. The van der Waals surface area contributed by atoms with Crippen molar-refractivity contribution in [3.05, 3.63) is 33.8 Å². The van der Waals surface area contributed by atoms with E-state index in [-0.39, 0.29) is 5.41 Å². The van der Waals surface area contributed by atoms with E-state index >= 15 is 0 Å². The van der Waals surface area contributed by atoms with Gasteiger partial charge in [0, 0.05) is 16.4 Å². The second-order valence-electron chi connectivity index (χ2n) is 6.76. The third kappa shape index (κ3) is 2.69. The van der Waals surface area contributed by atoms with Gasteiger partial charge in [-0.1, -0.05) is 60.2 Å². The Kier molecular flexibility index (Phi) is 4.52. The van der Waals surface area contributed by atoms with Crippen molar-refractivity contribution in [2.24, 2.45) is 5.73 Å². The van der Waals surface area contributed by atoms with Crippen LogP contribution in [0.5, 0.6) is 0 Å². The second kappa shape index (κ2) is 6.19. The highest BCUT2D eigenvalue weighted by atomic mass is 79.9. The average molecular weight is 336 g/mol. The van der Waals surface area contributed by atoms with E-state index in [1.165, 1.54) is 73.4 Å². The number of hydrogen-bond acceptors (Lipinski definition) is 1. The van der Waals surface area contributed by atoms with Gasteiger partial charge in [0.15, 0.2) is 0 Å². The fourth-order valence-electron chi connectivity index (χ4n) is 4.26. The molecular weight excluding hydrogens is 310 g/mol. The monoisotopic (exact) mass is 335 g/mol. The van der Waals surface area contributed by atoms with Crippen LogP contribution in [0.3, 0.4) is 0 Å². The largest absolute Gasteiger partial charge is 0.330 e. The van der Waals surface area contributed by atoms with E-state index in [1.807, 2.05) is 0 Å². The molecule has 2 fully saturated rings. The molecule has 0 aliphatic heterocycles. The Labute approximate surface area is 131 Å². The summed E-state index contributed by atoms with van der Waals surface area (Å²) in [5, 5.41) is 0. The Morgan fingerprint density at radius 2 is 1.75 bits per heavy atom. The summed E-state index contributed by atoms with van der Waals surface area (Å²) in [7, 11) is 0. The molecule has 0 saturated heterocycles. The molecule has 2 heteroatoms. The third-order valence-electron chi connectivity index (χ3n) is 5.61. The summed E-state index contributed by atoms with van der Waals surface area (Å²) >= 11 is 3.84. The molecule has 0 atom stereocenters. The van der Waals surface area contributed by atoms with Crippen molar-refractivity contribution in [3.63, 3.8) is 0 Å². The SMILES string of the molecule is NCC1(c2ccc(C3CCCCC3)c(Br)c2)CCCC1. The summed E-state index contributed by atoms with van der Waals surface area (Å²) in [6.07, 6.45) is 12.1. The summed E-state index contributed by atoms with van der Waals surface area (Å²) in [4.78, 5) is 0. The molecule has 0 bridgehead atoms. The van der Waals surface area contributed by atoms with Crippen LogP contribution in [0.4, 0.5) is 0 Å². The molecule has 2 aliphatic rings. The molecule has 110 valence electrons. The summed E-state index contributed by atoms with van der Waals surface area (Å²) in [5.41, 5.74) is 9.36. The van der Waals surface area contributed by atoms with Crippen LogP contribution >= 0.6 is 15.9 Å². The molecule has 0 unspecified atom stereocenters. The molecule has 0 aromatic heterocycles. The summed E-state index contributed by atoms with van der Waals surface area (Å²) < 4.78 is 1.32. The Hall–Kier alpha value is -0.340. The van der Waals surface area contributed by atoms with Gasteiger partial charge >= 0.3 is 0 Å². The van der Waals surface area contributed by atoms with E-state index in [1.54, 1.807) is 0 Å². The maximum atomic E-state index is 6.12. The molecule has 0 spiro atoms. The van der Waals surface area contributed by atoms with E-state index in [9.17, 15) is 0 Å². The van der Waals surface area contributed by atoms with E-state index in [0.717, 1.165) is 12.5 Å². The van der Waals surface area contributed by atoms with E-state index in [0.29, 0.717) is 0 Å². The van der Waals surface area contributed by atoms with Crippen molar-refractivity contribution in [3.8, 4) is 0 Å². The lowest BCUT2D eigenvalue weighted by molar-refractivity contribution is 0.439.